The first kappa shape index (κ1) is 15.0. The van der Waals surface area contributed by atoms with Crippen LogP contribution in [0.1, 0.15) is 19.3 Å². The number of amides is 1. The van der Waals surface area contributed by atoms with Crippen LogP contribution in [-0.4, -0.2) is 42.5 Å². The van der Waals surface area contributed by atoms with Crippen LogP contribution in [0.4, 0.5) is 10.1 Å². The topological polar surface area (TPSA) is 58.6 Å². The zero-order valence-electron chi connectivity index (χ0n) is 12.3. The number of hydrogen-bond donors (Lipinski definition) is 1. The van der Waals surface area contributed by atoms with Crippen molar-refractivity contribution in [1.82, 2.24) is 4.90 Å². The lowest BCUT2D eigenvalue weighted by Gasteiger charge is -2.33. The predicted molar refractivity (Wildman–Crippen MR) is 78.7 cm³/mol. The molecule has 0 aliphatic carbocycles. The number of carbonyl (C=O) groups excluding carboxylic acids is 2. The van der Waals surface area contributed by atoms with Gasteiger partial charge in [-0.1, -0.05) is 0 Å². The second-order valence-corrected chi connectivity index (χ2v) is 5.78. The Morgan fingerprint density at radius 3 is 2.45 bits per heavy atom. The van der Waals surface area contributed by atoms with E-state index in [2.05, 4.69) is 10.2 Å². The summed E-state index contributed by atoms with van der Waals surface area (Å²) in [6.45, 7) is 1.94. The molecule has 2 saturated heterocycles. The zero-order chi connectivity index (χ0) is 15.5. The Morgan fingerprint density at radius 1 is 1.18 bits per heavy atom. The third-order valence-electron chi connectivity index (χ3n) is 4.36. The minimum Gasteiger partial charge on any atom is -0.464 e. The molecule has 2 heterocycles. The monoisotopic (exact) mass is 306 g/mol. The molecule has 0 radical (unpaired) electrons. The maximum Gasteiger partial charge on any atom is 0.323 e. The van der Waals surface area contributed by atoms with Gasteiger partial charge in [0, 0.05) is 18.0 Å². The summed E-state index contributed by atoms with van der Waals surface area (Å²) in [5.74, 6) is -0.581. The van der Waals surface area contributed by atoms with E-state index in [4.69, 9.17) is 4.74 Å². The zero-order valence-corrected chi connectivity index (χ0v) is 12.3. The number of carbonyl (C=O) groups is 2. The molecular formula is C16H19FN2O3. The molecule has 6 heteroatoms. The molecule has 0 spiro atoms. The van der Waals surface area contributed by atoms with E-state index in [0.717, 1.165) is 32.4 Å². The summed E-state index contributed by atoms with van der Waals surface area (Å²) in [4.78, 5) is 25.9. The van der Waals surface area contributed by atoms with Crippen molar-refractivity contribution >= 4 is 17.6 Å². The van der Waals surface area contributed by atoms with Gasteiger partial charge >= 0.3 is 5.97 Å². The molecule has 1 aromatic carbocycles. The van der Waals surface area contributed by atoms with E-state index >= 15 is 0 Å². The van der Waals surface area contributed by atoms with E-state index in [9.17, 15) is 14.0 Å². The van der Waals surface area contributed by atoms with Crippen molar-refractivity contribution in [3.63, 3.8) is 0 Å². The minimum absolute atomic E-state index is 0.0414. The van der Waals surface area contributed by atoms with Gasteiger partial charge in [0.1, 0.15) is 11.9 Å². The second kappa shape index (κ2) is 6.44. The normalized spacial score (nSPS) is 23.3. The number of esters is 1. The van der Waals surface area contributed by atoms with Gasteiger partial charge in [-0.25, -0.2) is 4.39 Å². The number of piperidine rings is 1. The van der Waals surface area contributed by atoms with Crippen molar-refractivity contribution in [2.75, 3.05) is 25.0 Å². The summed E-state index contributed by atoms with van der Waals surface area (Å²) in [6.07, 6.45) is 2.18. The first-order valence-electron chi connectivity index (χ1n) is 7.60. The lowest BCUT2D eigenvalue weighted by Crippen LogP contribution is -2.45. The summed E-state index contributed by atoms with van der Waals surface area (Å²) in [6, 6.07) is 5.61. The highest BCUT2D eigenvalue weighted by molar-refractivity contribution is 5.92. The van der Waals surface area contributed by atoms with Crippen LogP contribution in [0, 0.1) is 11.7 Å². The van der Waals surface area contributed by atoms with Gasteiger partial charge in [-0.2, -0.15) is 0 Å². The fourth-order valence-electron chi connectivity index (χ4n) is 3.07. The maximum absolute atomic E-state index is 12.8. The molecule has 1 atom stereocenters. The van der Waals surface area contributed by atoms with Crippen LogP contribution < -0.4 is 5.32 Å². The van der Waals surface area contributed by atoms with E-state index in [-0.39, 0.29) is 29.7 Å². The predicted octanol–water partition coefficient (Wildman–Crippen LogP) is 1.79. The molecule has 0 aromatic heterocycles. The standard InChI is InChI=1S/C16H19FN2O3/c17-12-1-3-13(4-2-12)18-15(20)11-5-8-19(9-6-11)14-7-10-22-16(14)21/h1-4,11,14H,5-10H2,(H,18,20)/t14-/m0/s1. The van der Waals surface area contributed by atoms with E-state index in [0.29, 0.717) is 12.3 Å². The molecule has 2 fully saturated rings. The van der Waals surface area contributed by atoms with Gasteiger partial charge in [0.05, 0.1) is 6.61 Å². The first-order chi connectivity index (χ1) is 10.6. The molecule has 118 valence electrons. The fourth-order valence-corrected chi connectivity index (χ4v) is 3.07. The summed E-state index contributed by atoms with van der Waals surface area (Å²) in [7, 11) is 0. The molecule has 1 N–H and O–H groups in total. The number of anilines is 1. The van der Waals surface area contributed by atoms with E-state index < -0.39 is 0 Å². The molecule has 22 heavy (non-hydrogen) atoms. The Hall–Kier alpha value is -1.95. The number of halogens is 1. The Labute approximate surface area is 128 Å². The molecule has 1 aromatic rings. The largest absolute Gasteiger partial charge is 0.464 e. The van der Waals surface area contributed by atoms with E-state index in [1.807, 2.05) is 0 Å². The highest BCUT2D eigenvalue weighted by atomic mass is 19.1. The summed E-state index contributed by atoms with van der Waals surface area (Å²) < 4.78 is 17.8. The van der Waals surface area contributed by atoms with Gasteiger partial charge in [-0.15, -0.1) is 0 Å². The average Bonchev–Trinajstić information content (AvgIpc) is 2.96. The highest BCUT2D eigenvalue weighted by Crippen LogP contribution is 2.24. The molecule has 2 aliphatic rings. The number of ether oxygens (including phenoxy) is 1. The third-order valence-corrected chi connectivity index (χ3v) is 4.36. The lowest BCUT2D eigenvalue weighted by molar-refractivity contribution is -0.142. The Bertz CT molecular complexity index is 553. The molecule has 0 unspecified atom stereocenters. The van der Waals surface area contributed by atoms with Crippen molar-refractivity contribution in [2.45, 2.75) is 25.3 Å². The lowest BCUT2D eigenvalue weighted by atomic mass is 9.94. The maximum atomic E-state index is 12.8. The van der Waals surface area contributed by atoms with Gasteiger partial charge in [0.25, 0.3) is 0 Å². The summed E-state index contributed by atoms with van der Waals surface area (Å²) in [5, 5.41) is 2.82. The van der Waals surface area contributed by atoms with Crippen LogP contribution in [-0.2, 0) is 14.3 Å². The molecule has 5 nitrogen and oxygen atoms in total. The highest BCUT2D eigenvalue weighted by Gasteiger charge is 2.35. The van der Waals surface area contributed by atoms with Crippen LogP contribution in [0.2, 0.25) is 0 Å². The van der Waals surface area contributed by atoms with Crippen LogP contribution in [0.5, 0.6) is 0 Å². The Morgan fingerprint density at radius 2 is 1.86 bits per heavy atom. The SMILES string of the molecule is O=C(Nc1ccc(F)cc1)C1CCN([C@H]2CCOC2=O)CC1. The van der Waals surface area contributed by atoms with Crippen molar-refractivity contribution in [2.24, 2.45) is 5.92 Å². The molecule has 1 amide bonds. The van der Waals surface area contributed by atoms with Gasteiger partial charge < -0.3 is 10.1 Å². The van der Waals surface area contributed by atoms with Crippen molar-refractivity contribution in [3.05, 3.63) is 30.1 Å². The van der Waals surface area contributed by atoms with Gasteiger partial charge in [-0.05, 0) is 50.2 Å². The summed E-state index contributed by atoms with van der Waals surface area (Å²) in [5.41, 5.74) is 0.605. The van der Waals surface area contributed by atoms with Gasteiger partial charge in [0.2, 0.25) is 5.91 Å². The average molecular weight is 306 g/mol. The Balaban J connectivity index is 1.51. The molecule has 2 aliphatic heterocycles. The third kappa shape index (κ3) is 3.27. The van der Waals surface area contributed by atoms with E-state index in [1.54, 1.807) is 12.1 Å². The number of rotatable bonds is 3. The minimum atomic E-state index is -0.324. The van der Waals surface area contributed by atoms with Crippen molar-refractivity contribution in [1.29, 1.82) is 0 Å². The van der Waals surface area contributed by atoms with Crippen LogP contribution in [0.3, 0.4) is 0 Å². The molecular weight excluding hydrogens is 287 g/mol. The van der Waals surface area contributed by atoms with Crippen LogP contribution >= 0.6 is 0 Å². The number of hydrogen-bond acceptors (Lipinski definition) is 4. The fraction of sp³-hybridized carbons (Fsp3) is 0.500. The number of nitrogens with one attached hydrogen (secondary N) is 1. The molecule has 3 rings (SSSR count). The smallest absolute Gasteiger partial charge is 0.323 e. The number of cyclic esters (lactones) is 1. The summed E-state index contributed by atoms with van der Waals surface area (Å²) >= 11 is 0. The number of benzene rings is 1. The van der Waals surface area contributed by atoms with Gasteiger partial charge in [0.15, 0.2) is 0 Å². The number of likely N-dealkylation sites (tertiary alicyclic amines) is 1. The van der Waals surface area contributed by atoms with Crippen LogP contribution in [0.25, 0.3) is 0 Å². The Kier molecular flexibility index (Phi) is 4.38. The van der Waals surface area contributed by atoms with Gasteiger partial charge in [-0.3, -0.25) is 14.5 Å². The van der Waals surface area contributed by atoms with Crippen molar-refractivity contribution < 1.29 is 18.7 Å². The van der Waals surface area contributed by atoms with Crippen LogP contribution in [0.15, 0.2) is 24.3 Å². The first-order valence-corrected chi connectivity index (χ1v) is 7.60. The van der Waals surface area contributed by atoms with E-state index in [1.165, 1.54) is 12.1 Å². The van der Waals surface area contributed by atoms with Crippen molar-refractivity contribution in [3.8, 4) is 0 Å². The molecule has 0 bridgehead atoms. The number of nitrogens with zero attached hydrogens (tertiary/aromatic N) is 1. The molecule has 0 saturated carbocycles. The second-order valence-electron chi connectivity index (χ2n) is 5.78. The quantitative estimate of drug-likeness (QED) is 0.865.